The highest BCUT2D eigenvalue weighted by atomic mass is 32.1. The zero-order valence-corrected chi connectivity index (χ0v) is 11.9. The summed E-state index contributed by atoms with van der Waals surface area (Å²) in [6.45, 7) is 2.96. The lowest BCUT2D eigenvalue weighted by Crippen LogP contribution is -2.10. The zero-order valence-electron chi connectivity index (χ0n) is 11.1. The van der Waals surface area contributed by atoms with E-state index in [0.717, 1.165) is 21.5 Å². The van der Waals surface area contributed by atoms with Crippen LogP contribution in [0, 0.1) is 6.92 Å². The van der Waals surface area contributed by atoms with Crippen molar-refractivity contribution in [2.75, 3.05) is 13.2 Å². The monoisotopic (exact) mass is 286 g/mol. The summed E-state index contributed by atoms with van der Waals surface area (Å²) in [7, 11) is 0. The molecule has 2 heterocycles. The highest BCUT2D eigenvalue weighted by Gasteiger charge is 2.05. The minimum Gasteiger partial charge on any atom is -0.490 e. The highest BCUT2D eigenvalue weighted by molar-refractivity contribution is 7.16. The summed E-state index contributed by atoms with van der Waals surface area (Å²) in [6, 6.07) is 9.90. The molecule has 0 aliphatic carbocycles. The Morgan fingerprint density at radius 3 is 2.80 bits per heavy atom. The van der Waals surface area contributed by atoms with Gasteiger partial charge in [-0.2, -0.15) is 0 Å². The van der Waals surface area contributed by atoms with Crippen LogP contribution in [0.4, 0.5) is 0 Å². The molecule has 0 radical (unpaired) electrons. The number of thiophene rings is 1. The van der Waals surface area contributed by atoms with E-state index in [2.05, 4.69) is 9.97 Å². The van der Waals surface area contributed by atoms with Crippen LogP contribution in [-0.4, -0.2) is 23.2 Å². The number of para-hydroxylation sites is 1. The topological polar surface area (TPSA) is 44.2 Å². The molecule has 1 aromatic carbocycles. The summed E-state index contributed by atoms with van der Waals surface area (Å²) in [5.41, 5.74) is 1.12. The van der Waals surface area contributed by atoms with Crippen LogP contribution < -0.4 is 9.47 Å². The van der Waals surface area contributed by atoms with E-state index in [-0.39, 0.29) is 0 Å². The van der Waals surface area contributed by atoms with Gasteiger partial charge in [-0.05, 0) is 30.0 Å². The van der Waals surface area contributed by atoms with E-state index in [0.29, 0.717) is 19.1 Å². The Morgan fingerprint density at radius 2 is 1.90 bits per heavy atom. The summed E-state index contributed by atoms with van der Waals surface area (Å²) < 4.78 is 11.4. The quantitative estimate of drug-likeness (QED) is 0.674. The molecule has 0 spiro atoms. The second kappa shape index (κ2) is 5.88. The number of hydrogen-bond donors (Lipinski definition) is 0. The van der Waals surface area contributed by atoms with Gasteiger partial charge in [0.1, 0.15) is 30.1 Å². The van der Waals surface area contributed by atoms with Crippen molar-refractivity contribution in [2.45, 2.75) is 6.92 Å². The van der Waals surface area contributed by atoms with Crippen LogP contribution in [0.15, 0.2) is 42.0 Å². The fourth-order valence-electron chi connectivity index (χ4n) is 1.89. The van der Waals surface area contributed by atoms with Crippen molar-refractivity contribution in [3.8, 4) is 11.6 Å². The predicted molar refractivity (Wildman–Crippen MR) is 79.6 cm³/mol. The first kappa shape index (κ1) is 12.9. The fraction of sp³-hybridized carbons (Fsp3) is 0.200. The molecule has 0 N–H and O–H groups in total. The number of ether oxygens (including phenoxy) is 2. The maximum Gasteiger partial charge on any atom is 0.225 e. The Hall–Kier alpha value is -2.14. The second-order valence-corrected chi connectivity index (χ2v) is 5.18. The van der Waals surface area contributed by atoms with Crippen LogP contribution in [0.25, 0.3) is 10.2 Å². The normalized spacial score (nSPS) is 10.7. The van der Waals surface area contributed by atoms with Crippen molar-refractivity contribution >= 4 is 21.6 Å². The number of fused-ring (bicyclic) bond motifs is 1. The first-order valence-electron chi connectivity index (χ1n) is 6.34. The summed E-state index contributed by atoms with van der Waals surface area (Å²) >= 11 is 1.58. The van der Waals surface area contributed by atoms with Gasteiger partial charge in [0, 0.05) is 0 Å². The van der Waals surface area contributed by atoms with Gasteiger partial charge in [-0.15, -0.1) is 11.3 Å². The zero-order chi connectivity index (χ0) is 13.8. The van der Waals surface area contributed by atoms with Gasteiger partial charge in [0.15, 0.2) is 0 Å². The lowest BCUT2D eigenvalue weighted by atomic mass is 10.2. The van der Waals surface area contributed by atoms with E-state index in [9.17, 15) is 0 Å². The molecule has 5 heteroatoms. The molecule has 0 atom stereocenters. The molecule has 4 nitrogen and oxygen atoms in total. The van der Waals surface area contributed by atoms with Gasteiger partial charge >= 0.3 is 0 Å². The van der Waals surface area contributed by atoms with Crippen molar-refractivity contribution < 1.29 is 9.47 Å². The summed E-state index contributed by atoms with van der Waals surface area (Å²) in [5, 5.41) is 2.93. The maximum atomic E-state index is 5.69. The van der Waals surface area contributed by atoms with Gasteiger partial charge in [0.2, 0.25) is 5.88 Å². The average molecular weight is 286 g/mol. The third kappa shape index (κ3) is 2.72. The van der Waals surface area contributed by atoms with Crippen molar-refractivity contribution in [1.29, 1.82) is 0 Å². The number of hydrogen-bond acceptors (Lipinski definition) is 5. The van der Waals surface area contributed by atoms with Gasteiger partial charge in [0.05, 0.1) is 5.39 Å². The fourth-order valence-corrected chi connectivity index (χ4v) is 2.61. The molecule has 0 saturated heterocycles. The number of nitrogens with zero attached hydrogens (tertiary/aromatic N) is 2. The van der Waals surface area contributed by atoms with Gasteiger partial charge < -0.3 is 9.47 Å². The molecule has 0 aliphatic rings. The van der Waals surface area contributed by atoms with E-state index in [1.165, 1.54) is 6.33 Å². The van der Waals surface area contributed by atoms with E-state index in [1.54, 1.807) is 11.3 Å². The number of aromatic nitrogens is 2. The van der Waals surface area contributed by atoms with E-state index in [4.69, 9.17) is 9.47 Å². The Balaban J connectivity index is 1.58. The molecule has 0 saturated carbocycles. The lowest BCUT2D eigenvalue weighted by molar-refractivity contribution is 0.213. The summed E-state index contributed by atoms with van der Waals surface area (Å²) in [4.78, 5) is 9.28. The molecule has 102 valence electrons. The summed E-state index contributed by atoms with van der Waals surface area (Å²) in [6.07, 6.45) is 1.52. The Labute approximate surface area is 121 Å². The molecule has 2 aromatic heterocycles. The number of aryl methyl sites for hydroxylation is 1. The summed E-state index contributed by atoms with van der Waals surface area (Å²) in [5.74, 6) is 1.50. The van der Waals surface area contributed by atoms with Crippen molar-refractivity contribution in [3.05, 3.63) is 47.6 Å². The molecule has 3 aromatic rings. The van der Waals surface area contributed by atoms with E-state index in [1.807, 2.05) is 42.6 Å². The molecule has 0 unspecified atom stereocenters. The number of rotatable bonds is 5. The smallest absolute Gasteiger partial charge is 0.225 e. The van der Waals surface area contributed by atoms with Crippen LogP contribution >= 0.6 is 11.3 Å². The van der Waals surface area contributed by atoms with Gasteiger partial charge in [-0.1, -0.05) is 18.2 Å². The Morgan fingerprint density at radius 1 is 1.05 bits per heavy atom. The molecule has 0 aliphatic heterocycles. The second-order valence-electron chi connectivity index (χ2n) is 4.28. The molecule has 20 heavy (non-hydrogen) atoms. The minimum absolute atomic E-state index is 0.455. The van der Waals surface area contributed by atoms with Crippen LogP contribution in [0.1, 0.15) is 5.56 Å². The molecule has 0 fully saturated rings. The third-order valence-corrected chi connectivity index (χ3v) is 3.72. The van der Waals surface area contributed by atoms with E-state index >= 15 is 0 Å². The van der Waals surface area contributed by atoms with Gasteiger partial charge in [-0.3, -0.25) is 0 Å². The van der Waals surface area contributed by atoms with Crippen molar-refractivity contribution in [1.82, 2.24) is 9.97 Å². The van der Waals surface area contributed by atoms with Crippen molar-refractivity contribution in [3.63, 3.8) is 0 Å². The van der Waals surface area contributed by atoms with Crippen LogP contribution in [-0.2, 0) is 0 Å². The van der Waals surface area contributed by atoms with Crippen LogP contribution in [0.2, 0.25) is 0 Å². The first-order valence-corrected chi connectivity index (χ1v) is 7.22. The lowest BCUT2D eigenvalue weighted by Gasteiger charge is -2.09. The largest absolute Gasteiger partial charge is 0.490 e. The third-order valence-electron chi connectivity index (χ3n) is 2.90. The minimum atomic E-state index is 0.455. The first-order chi connectivity index (χ1) is 9.84. The molecule has 3 rings (SSSR count). The Kier molecular flexibility index (Phi) is 3.78. The standard InChI is InChI=1S/C15H14N2O2S/c1-11-4-2-3-5-13(11)18-7-8-19-14-12-6-9-20-15(12)17-10-16-14/h2-6,9-10H,7-8H2,1H3. The van der Waals surface area contributed by atoms with Gasteiger partial charge in [-0.25, -0.2) is 9.97 Å². The molecular formula is C15H14N2O2S. The molecule has 0 bridgehead atoms. The highest BCUT2D eigenvalue weighted by Crippen LogP contribution is 2.25. The molecular weight excluding hydrogens is 272 g/mol. The predicted octanol–water partition coefficient (Wildman–Crippen LogP) is 3.46. The molecule has 0 amide bonds. The van der Waals surface area contributed by atoms with Crippen LogP contribution in [0.5, 0.6) is 11.6 Å². The van der Waals surface area contributed by atoms with E-state index < -0.39 is 0 Å². The number of benzene rings is 1. The van der Waals surface area contributed by atoms with Crippen LogP contribution in [0.3, 0.4) is 0 Å². The maximum absolute atomic E-state index is 5.69. The van der Waals surface area contributed by atoms with Gasteiger partial charge in [0.25, 0.3) is 0 Å². The SMILES string of the molecule is Cc1ccccc1OCCOc1ncnc2sccc12. The average Bonchev–Trinajstić information content (AvgIpc) is 2.94. The Bertz CT molecular complexity index is 712. The van der Waals surface area contributed by atoms with Crippen molar-refractivity contribution in [2.24, 2.45) is 0 Å².